The summed E-state index contributed by atoms with van der Waals surface area (Å²) in [4.78, 5) is 23.1. The summed E-state index contributed by atoms with van der Waals surface area (Å²) in [6.45, 7) is 1.92. The van der Waals surface area contributed by atoms with Crippen molar-refractivity contribution in [1.82, 2.24) is 0 Å². The van der Waals surface area contributed by atoms with E-state index >= 15 is 0 Å². The van der Waals surface area contributed by atoms with E-state index in [-0.39, 0.29) is 5.91 Å². The number of hydrogen-bond donors (Lipinski definition) is 3. The number of carbonyl (C=O) groups excluding carboxylic acids is 2. The number of aryl methyl sites for hydroxylation is 1. The van der Waals surface area contributed by atoms with Crippen LogP contribution in [0.1, 0.15) is 15.9 Å². The van der Waals surface area contributed by atoms with Crippen LogP contribution in [0.3, 0.4) is 0 Å². The Bertz CT molecular complexity index is 701. The van der Waals surface area contributed by atoms with Gasteiger partial charge in [0.1, 0.15) is 0 Å². The summed E-state index contributed by atoms with van der Waals surface area (Å²) in [6, 6.07) is 11.6. The fourth-order valence-electron chi connectivity index (χ4n) is 1.83. The van der Waals surface area contributed by atoms with Gasteiger partial charge in [-0.25, -0.2) is 4.79 Å². The molecule has 0 unspecified atom stereocenters. The standard InChI is InChI=1S/C15H14BrN3O2/c1-9-5-6-13(16)12(7-9)14(20)18-10-3-2-4-11(8-10)19-15(17)21/h2-8H,1H3,(H,18,20)(H3,17,19,21). The maximum Gasteiger partial charge on any atom is 0.316 e. The number of amides is 3. The van der Waals surface area contributed by atoms with Gasteiger partial charge in [-0.2, -0.15) is 0 Å². The van der Waals surface area contributed by atoms with Crippen LogP contribution in [0.15, 0.2) is 46.9 Å². The average Bonchev–Trinajstić information content (AvgIpc) is 2.41. The van der Waals surface area contributed by atoms with Crippen molar-refractivity contribution >= 4 is 39.2 Å². The number of benzene rings is 2. The number of primary amides is 1. The Kier molecular flexibility index (Phi) is 4.59. The number of anilines is 2. The van der Waals surface area contributed by atoms with Gasteiger partial charge in [-0.15, -0.1) is 0 Å². The van der Waals surface area contributed by atoms with E-state index in [1.807, 2.05) is 19.1 Å². The maximum absolute atomic E-state index is 12.3. The Balaban J connectivity index is 2.19. The highest BCUT2D eigenvalue weighted by Crippen LogP contribution is 2.21. The van der Waals surface area contributed by atoms with E-state index in [9.17, 15) is 9.59 Å². The van der Waals surface area contributed by atoms with E-state index in [0.717, 1.165) is 10.0 Å². The van der Waals surface area contributed by atoms with E-state index in [1.54, 1.807) is 30.3 Å². The summed E-state index contributed by atoms with van der Waals surface area (Å²) in [7, 11) is 0. The van der Waals surface area contributed by atoms with Gasteiger partial charge in [-0.05, 0) is 53.2 Å². The number of rotatable bonds is 3. The lowest BCUT2D eigenvalue weighted by atomic mass is 10.1. The van der Waals surface area contributed by atoms with Crippen LogP contribution in [0.5, 0.6) is 0 Å². The lowest BCUT2D eigenvalue weighted by molar-refractivity contribution is 0.102. The molecule has 0 fully saturated rings. The predicted molar refractivity (Wildman–Crippen MR) is 86.5 cm³/mol. The third kappa shape index (κ3) is 4.06. The second kappa shape index (κ2) is 6.41. The van der Waals surface area contributed by atoms with Crippen molar-refractivity contribution in [1.29, 1.82) is 0 Å². The van der Waals surface area contributed by atoms with Crippen molar-refractivity contribution in [2.45, 2.75) is 6.92 Å². The van der Waals surface area contributed by atoms with Gasteiger partial charge in [0, 0.05) is 15.8 Å². The Morgan fingerprint density at radius 2 is 1.71 bits per heavy atom. The van der Waals surface area contributed by atoms with Gasteiger partial charge in [0.25, 0.3) is 5.91 Å². The first-order valence-corrected chi connectivity index (χ1v) is 6.99. The second-order valence-electron chi connectivity index (χ2n) is 4.51. The molecule has 108 valence electrons. The maximum atomic E-state index is 12.3. The lowest BCUT2D eigenvalue weighted by Gasteiger charge is -2.09. The molecule has 0 aliphatic heterocycles. The SMILES string of the molecule is Cc1ccc(Br)c(C(=O)Nc2cccc(NC(N)=O)c2)c1. The molecule has 0 radical (unpaired) electrons. The minimum atomic E-state index is -0.653. The first-order chi connectivity index (χ1) is 9.95. The minimum absolute atomic E-state index is 0.234. The van der Waals surface area contributed by atoms with Crippen molar-refractivity contribution in [2.24, 2.45) is 5.73 Å². The summed E-state index contributed by atoms with van der Waals surface area (Å²) >= 11 is 3.36. The summed E-state index contributed by atoms with van der Waals surface area (Å²) in [5, 5.41) is 5.24. The number of carbonyl (C=O) groups is 2. The Morgan fingerprint density at radius 1 is 1.05 bits per heavy atom. The van der Waals surface area contributed by atoms with E-state index in [0.29, 0.717) is 16.9 Å². The minimum Gasteiger partial charge on any atom is -0.351 e. The molecule has 0 aromatic heterocycles. The van der Waals surface area contributed by atoms with Crippen LogP contribution < -0.4 is 16.4 Å². The van der Waals surface area contributed by atoms with Crippen LogP contribution in [0.2, 0.25) is 0 Å². The van der Waals surface area contributed by atoms with Crippen LogP contribution in [0, 0.1) is 6.92 Å². The molecule has 0 aliphatic rings. The topological polar surface area (TPSA) is 84.2 Å². The van der Waals surface area contributed by atoms with Gasteiger partial charge in [0.05, 0.1) is 5.56 Å². The molecule has 0 saturated heterocycles. The summed E-state index contributed by atoms with van der Waals surface area (Å²) in [6.07, 6.45) is 0. The van der Waals surface area contributed by atoms with Gasteiger partial charge in [-0.1, -0.05) is 17.7 Å². The number of nitrogens with two attached hydrogens (primary N) is 1. The summed E-state index contributed by atoms with van der Waals surface area (Å²) < 4.78 is 0.719. The van der Waals surface area contributed by atoms with Crippen molar-refractivity contribution in [3.63, 3.8) is 0 Å². The van der Waals surface area contributed by atoms with E-state index in [2.05, 4.69) is 26.6 Å². The fourth-order valence-corrected chi connectivity index (χ4v) is 2.26. The van der Waals surface area contributed by atoms with E-state index in [1.165, 1.54) is 0 Å². The Labute approximate surface area is 130 Å². The molecular weight excluding hydrogens is 334 g/mol. The van der Waals surface area contributed by atoms with Crippen LogP contribution in [-0.4, -0.2) is 11.9 Å². The average molecular weight is 348 g/mol. The number of urea groups is 1. The van der Waals surface area contributed by atoms with Crippen molar-refractivity contribution in [3.8, 4) is 0 Å². The zero-order valence-electron chi connectivity index (χ0n) is 11.3. The Morgan fingerprint density at radius 3 is 2.38 bits per heavy atom. The predicted octanol–water partition coefficient (Wildman–Crippen LogP) is 3.50. The highest BCUT2D eigenvalue weighted by molar-refractivity contribution is 9.10. The Hall–Kier alpha value is -2.34. The first kappa shape index (κ1) is 15.1. The van der Waals surface area contributed by atoms with E-state index in [4.69, 9.17) is 5.73 Å². The molecule has 0 saturated carbocycles. The second-order valence-corrected chi connectivity index (χ2v) is 5.36. The zero-order chi connectivity index (χ0) is 15.4. The monoisotopic (exact) mass is 347 g/mol. The molecule has 0 atom stereocenters. The molecule has 6 heteroatoms. The third-order valence-electron chi connectivity index (χ3n) is 2.75. The van der Waals surface area contributed by atoms with Gasteiger partial charge in [-0.3, -0.25) is 4.79 Å². The third-order valence-corrected chi connectivity index (χ3v) is 3.45. The van der Waals surface area contributed by atoms with Crippen LogP contribution in [0.4, 0.5) is 16.2 Å². The number of hydrogen-bond acceptors (Lipinski definition) is 2. The molecule has 0 aliphatic carbocycles. The van der Waals surface area contributed by atoms with Gasteiger partial charge in [0.2, 0.25) is 0 Å². The summed E-state index contributed by atoms with van der Waals surface area (Å²) in [5.41, 5.74) is 7.68. The van der Waals surface area contributed by atoms with Gasteiger partial charge in [0.15, 0.2) is 0 Å². The highest BCUT2D eigenvalue weighted by atomic mass is 79.9. The molecule has 21 heavy (non-hydrogen) atoms. The summed E-state index contributed by atoms with van der Waals surface area (Å²) in [5.74, 6) is -0.234. The highest BCUT2D eigenvalue weighted by Gasteiger charge is 2.10. The van der Waals surface area contributed by atoms with Gasteiger partial charge >= 0.3 is 6.03 Å². The van der Waals surface area contributed by atoms with Crippen LogP contribution in [0.25, 0.3) is 0 Å². The first-order valence-electron chi connectivity index (χ1n) is 6.20. The van der Waals surface area contributed by atoms with Crippen molar-refractivity contribution in [2.75, 3.05) is 10.6 Å². The molecule has 0 bridgehead atoms. The van der Waals surface area contributed by atoms with Crippen LogP contribution in [-0.2, 0) is 0 Å². The molecule has 2 aromatic rings. The smallest absolute Gasteiger partial charge is 0.316 e. The van der Waals surface area contributed by atoms with Crippen molar-refractivity contribution < 1.29 is 9.59 Å². The molecule has 0 heterocycles. The fraction of sp³-hybridized carbons (Fsp3) is 0.0667. The molecular formula is C15H14BrN3O2. The number of nitrogens with one attached hydrogen (secondary N) is 2. The lowest BCUT2D eigenvalue weighted by Crippen LogP contribution is -2.19. The molecule has 0 spiro atoms. The zero-order valence-corrected chi connectivity index (χ0v) is 12.9. The molecule has 3 amide bonds. The van der Waals surface area contributed by atoms with Gasteiger partial charge < -0.3 is 16.4 Å². The molecule has 5 nitrogen and oxygen atoms in total. The number of halogens is 1. The molecule has 2 rings (SSSR count). The normalized spacial score (nSPS) is 10.0. The van der Waals surface area contributed by atoms with Crippen molar-refractivity contribution in [3.05, 3.63) is 58.1 Å². The molecule has 4 N–H and O–H groups in total. The quantitative estimate of drug-likeness (QED) is 0.793. The molecule has 2 aromatic carbocycles. The van der Waals surface area contributed by atoms with E-state index < -0.39 is 6.03 Å². The van der Waals surface area contributed by atoms with Crippen LogP contribution >= 0.6 is 15.9 Å². The largest absolute Gasteiger partial charge is 0.351 e.